The van der Waals surface area contributed by atoms with E-state index in [1.54, 1.807) is 6.07 Å². The Morgan fingerprint density at radius 1 is 1.59 bits per heavy atom. The van der Waals surface area contributed by atoms with Crippen LogP contribution in [-0.4, -0.2) is 42.6 Å². The van der Waals surface area contributed by atoms with Crippen molar-refractivity contribution in [2.24, 2.45) is 0 Å². The molecule has 0 aromatic carbocycles. The first-order chi connectivity index (χ1) is 8.31. The number of ether oxygens (including phenoxy) is 2. The molecule has 94 valence electrons. The van der Waals surface area contributed by atoms with E-state index in [1.165, 1.54) is 11.8 Å². The van der Waals surface area contributed by atoms with Crippen molar-refractivity contribution in [1.29, 1.82) is 0 Å². The number of aromatic nitrogens is 2. The van der Waals surface area contributed by atoms with Crippen molar-refractivity contribution in [3.05, 3.63) is 6.07 Å². The summed E-state index contributed by atoms with van der Waals surface area (Å²) in [6.07, 6.45) is 4.34. The van der Waals surface area contributed by atoms with Crippen LogP contribution in [0.4, 0.5) is 5.82 Å². The van der Waals surface area contributed by atoms with Gasteiger partial charge in [0.25, 0.3) is 0 Å². The van der Waals surface area contributed by atoms with Crippen LogP contribution in [0.1, 0.15) is 12.8 Å². The first-order valence-electron chi connectivity index (χ1n) is 5.67. The molecular formula is C11H17N3O2S. The largest absolute Gasteiger partial charge is 0.475 e. The van der Waals surface area contributed by atoms with Crippen molar-refractivity contribution in [2.75, 3.05) is 31.8 Å². The van der Waals surface area contributed by atoms with E-state index >= 15 is 0 Å². The summed E-state index contributed by atoms with van der Waals surface area (Å²) in [4.78, 5) is 8.57. The summed E-state index contributed by atoms with van der Waals surface area (Å²) in [7, 11) is 1.83. The maximum atomic E-state index is 5.65. The van der Waals surface area contributed by atoms with Crippen LogP contribution in [0.15, 0.2) is 11.2 Å². The van der Waals surface area contributed by atoms with Crippen molar-refractivity contribution >= 4 is 17.6 Å². The summed E-state index contributed by atoms with van der Waals surface area (Å²) < 4.78 is 11.1. The topological polar surface area (TPSA) is 56.3 Å². The minimum Gasteiger partial charge on any atom is -0.475 e. The third-order valence-electron chi connectivity index (χ3n) is 2.56. The number of nitrogens with zero attached hydrogens (tertiary/aromatic N) is 2. The van der Waals surface area contributed by atoms with Crippen molar-refractivity contribution in [1.82, 2.24) is 9.97 Å². The van der Waals surface area contributed by atoms with Gasteiger partial charge in [0, 0.05) is 19.7 Å². The van der Waals surface area contributed by atoms with E-state index in [4.69, 9.17) is 9.47 Å². The molecule has 1 atom stereocenters. The van der Waals surface area contributed by atoms with Crippen LogP contribution in [0, 0.1) is 0 Å². The van der Waals surface area contributed by atoms with E-state index in [0.29, 0.717) is 17.6 Å². The number of thioether (sulfide) groups is 1. The summed E-state index contributed by atoms with van der Waals surface area (Å²) >= 11 is 1.50. The molecule has 1 aliphatic rings. The van der Waals surface area contributed by atoms with Crippen LogP contribution in [0.5, 0.6) is 5.88 Å². The Morgan fingerprint density at radius 3 is 3.12 bits per heavy atom. The lowest BCUT2D eigenvalue weighted by molar-refractivity contribution is 0.0660. The number of anilines is 1. The van der Waals surface area contributed by atoms with E-state index in [-0.39, 0.29) is 6.10 Å². The van der Waals surface area contributed by atoms with Gasteiger partial charge in [0.2, 0.25) is 5.88 Å². The van der Waals surface area contributed by atoms with Gasteiger partial charge in [0.05, 0.1) is 6.10 Å². The Kier molecular flexibility index (Phi) is 4.44. The number of nitrogens with one attached hydrogen (secondary N) is 1. The summed E-state index contributed by atoms with van der Waals surface area (Å²) in [5.74, 6) is 1.37. The van der Waals surface area contributed by atoms with Gasteiger partial charge in [-0.3, -0.25) is 0 Å². The Labute approximate surface area is 105 Å². The van der Waals surface area contributed by atoms with E-state index in [9.17, 15) is 0 Å². The highest BCUT2D eigenvalue weighted by molar-refractivity contribution is 7.98. The van der Waals surface area contributed by atoms with E-state index in [1.807, 2.05) is 13.3 Å². The lowest BCUT2D eigenvalue weighted by Gasteiger charge is -2.11. The molecule has 0 radical (unpaired) electrons. The van der Waals surface area contributed by atoms with Crippen LogP contribution < -0.4 is 10.1 Å². The molecule has 0 aliphatic carbocycles. The fourth-order valence-corrected chi connectivity index (χ4v) is 2.02. The summed E-state index contributed by atoms with van der Waals surface area (Å²) in [6.45, 7) is 1.41. The number of rotatable bonds is 5. The van der Waals surface area contributed by atoms with Gasteiger partial charge in [-0.25, -0.2) is 4.98 Å². The molecular weight excluding hydrogens is 238 g/mol. The fourth-order valence-electron chi connectivity index (χ4n) is 1.65. The first kappa shape index (κ1) is 12.4. The van der Waals surface area contributed by atoms with Gasteiger partial charge in [0.15, 0.2) is 5.16 Å². The molecule has 6 heteroatoms. The van der Waals surface area contributed by atoms with Crippen LogP contribution >= 0.6 is 11.8 Å². The SMILES string of the molecule is CNc1cc(OCC2CCCO2)nc(SC)n1. The van der Waals surface area contributed by atoms with Crippen LogP contribution in [-0.2, 0) is 4.74 Å². The molecule has 1 aromatic heterocycles. The Bertz CT molecular complexity index is 347. The normalized spacial score (nSPS) is 19.3. The summed E-state index contributed by atoms with van der Waals surface area (Å²) in [5.41, 5.74) is 0. The molecule has 2 heterocycles. The molecule has 0 spiro atoms. The second kappa shape index (κ2) is 6.07. The summed E-state index contributed by atoms with van der Waals surface area (Å²) in [6, 6.07) is 1.80. The molecule has 1 N–H and O–H groups in total. The Balaban J connectivity index is 1.98. The van der Waals surface area contributed by atoms with E-state index in [2.05, 4.69) is 15.3 Å². The molecule has 1 aliphatic heterocycles. The third kappa shape index (κ3) is 3.47. The van der Waals surface area contributed by atoms with Crippen molar-refractivity contribution in [2.45, 2.75) is 24.1 Å². The van der Waals surface area contributed by atoms with Gasteiger partial charge in [0.1, 0.15) is 12.4 Å². The van der Waals surface area contributed by atoms with Gasteiger partial charge < -0.3 is 14.8 Å². The van der Waals surface area contributed by atoms with Crippen LogP contribution in [0.2, 0.25) is 0 Å². The molecule has 1 aromatic rings. The van der Waals surface area contributed by atoms with E-state index in [0.717, 1.165) is 25.3 Å². The second-order valence-electron chi connectivity index (χ2n) is 3.77. The molecule has 17 heavy (non-hydrogen) atoms. The molecule has 1 fully saturated rings. The highest BCUT2D eigenvalue weighted by atomic mass is 32.2. The van der Waals surface area contributed by atoms with Gasteiger partial charge in [-0.05, 0) is 19.1 Å². The maximum Gasteiger partial charge on any atom is 0.219 e. The zero-order valence-electron chi connectivity index (χ0n) is 10.1. The fraction of sp³-hybridized carbons (Fsp3) is 0.636. The lowest BCUT2D eigenvalue weighted by atomic mass is 10.2. The van der Waals surface area contributed by atoms with Crippen LogP contribution in [0.3, 0.4) is 0 Å². The molecule has 1 saturated heterocycles. The standard InChI is InChI=1S/C11H17N3O2S/c1-12-9-6-10(14-11(13-9)17-2)16-7-8-4-3-5-15-8/h6,8H,3-5,7H2,1-2H3,(H,12,13,14). The van der Waals surface area contributed by atoms with Gasteiger partial charge in [-0.2, -0.15) is 4.98 Å². The van der Waals surface area contributed by atoms with Gasteiger partial charge in [-0.1, -0.05) is 11.8 Å². The maximum absolute atomic E-state index is 5.65. The summed E-state index contributed by atoms with van der Waals surface area (Å²) in [5, 5.41) is 3.70. The highest BCUT2D eigenvalue weighted by Gasteiger charge is 2.16. The van der Waals surface area contributed by atoms with Gasteiger partial charge >= 0.3 is 0 Å². The smallest absolute Gasteiger partial charge is 0.219 e. The highest BCUT2D eigenvalue weighted by Crippen LogP contribution is 2.20. The predicted molar refractivity (Wildman–Crippen MR) is 67.8 cm³/mol. The van der Waals surface area contributed by atoms with Gasteiger partial charge in [-0.15, -0.1) is 0 Å². The number of hydrogen-bond donors (Lipinski definition) is 1. The molecule has 0 bridgehead atoms. The Morgan fingerprint density at radius 2 is 2.47 bits per heavy atom. The molecule has 0 amide bonds. The minimum atomic E-state index is 0.209. The van der Waals surface area contributed by atoms with Crippen molar-refractivity contribution < 1.29 is 9.47 Å². The quantitative estimate of drug-likeness (QED) is 0.639. The Hall–Kier alpha value is -1.01. The average Bonchev–Trinajstić information content (AvgIpc) is 2.89. The predicted octanol–water partition coefficient (Wildman–Crippen LogP) is 1.80. The molecule has 5 nitrogen and oxygen atoms in total. The lowest BCUT2D eigenvalue weighted by Crippen LogP contribution is -2.17. The first-order valence-corrected chi connectivity index (χ1v) is 6.89. The zero-order chi connectivity index (χ0) is 12.1. The average molecular weight is 255 g/mol. The molecule has 1 unspecified atom stereocenters. The zero-order valence-corrected chi connectivity index (χ0v) is 10.9. The van der Waals surface area contributed by atoms with Crippen molar-refractivity contribution in [3.63, 3.8) is 0 Å². The molecule has 0 saturated carbocycles. The van der Waals surface area contributed by atoms with Crippen molar-refractivity contribution in [3.8, 4) is 5.88 Å². The van der Waals surface area contributed by atoms with E-state index < -0.39 is 0 Å². The molecule has 2 rings (SSSR count). The third-order valence-corrected chi connectivity index (χ3v) is 3.11. The van der Waals surface area contributed by atoms with Crippen LogP contribution in [0.25, 0.3) is 0 Å². The monoisotopic (exact) mass is 255 g/mol. The minimum absolute atomic E-state index is 0.209. The number of hydrogen-bond acceptors (Lipinski definition) is 6. The second-order valence-corrected chi connectivity index (χ2v) is 4.55.